The van der Waals surface area contributed by atoms with Crippen LogP contribution in [0.5, 0.6) is 0 Å². The van der Waals surface area contributed by atoms with E-state index in [1.54, 1.807) is 34.6 Å². The molecule has 0 unspecified atom stereocenters. The van der Waals surface area contributed by atoms with Crippen LogP contribution in [0, 0.1) is 5.41 Å². The van der Waals surface area contributed by atoms with Crippen LogP contribution in [0.3, 0.4) is 0 Å². The van der Waals surface area contributed by atoms with Gasteiger partial charge in [-0.05, 0) is 40.0 Å². The van der Waals surface area contributed by atoms with Crippen molar-refractivity contribution in [1.29, 1.82) is 0 Å². The zero-order valence-electron chi connectivity index (χ0n) is 14.5. The molecule has 1 saturated heterocycles. The fourth-order valence-electron chi connectivity index (χ4n) is 1.81. The van der Waals surface area contributed by atoms with Gasteiger partial charge in [0.05, 0.1) is 9.24 Å². The number of hydrogen-bond acceptors (Lipinski definition) is 2. The van der Waals surface area contributed by atoms with Crippen molar-refractivity contribution in [1.82, 2.24) is 4.90 Å². The van der Waals surface area contributed by atoms with E-state index in [-0.39, 0.29) is 6.54 Å². The Labute approximate surface area is 99.7 Å². The molecule has 0 radical (unpaired) electrons. The standard InChI is InChI=1S/C13H25NO/c1-6-13(7-2)8-9-14(10-11(13)15)12(3,4)5/h6-10H2,1-5H3/i8D2,10D2. The summed E-state index contributed by atoms with van der Waals surface area (Å²) in [7, 11) is 0. The SMILES string of the molecule is [2H]C1([2H])C(=O)C(CC)(CC)C([2H])([2H])CN1C(C)(C)C. The zero-order valence-corrected chi connectivity index (χ0v) is 10.5. The molecule has 0 bridgehead atoms. The first kappa shape index (κ1) is 7.83. The van der Waals surface area contributed by atoms with Crippen molar-refractivity contribution in [3.63, 3.8) is 0 Å². The van der Waals surface area contributed by atoms with Crippen LogP contribution < -0.4 is 0 Å². The lowest BCUT2D eigenvalue weighted by Gasteiger charge is -2.45. The maximum atomic E-state index is 12.6. The van der Waals surface area contributed by atoms with E-state index in [1.807, 2.05) is 0 Å². The van der Waals surface area contributed by atoms with Crippen LogP contribution in [0.4, 0.5) is 0 Å². The van der Waals surface area contributed by atoms with Gasteiger partial charge in [-0.15, -0.1) is 0 Å². The van der Waals surface area contributed by atoms with E-state index in [1.165, 1.54) is 4.90 Å². The lowest BCUT2D eigenvalue weighted by molar-refractivity contribution is -0.137. The van der Waals surface area contributed by atoms with Gasteiger partial charge in [-0.2, -0.15) is 0 Å². The average Bonchev–Trinajstić information content (AvgIpc) is 2.24. The van der Waals surface area contributed by atoms with Crippen LogP contribution in [0.1, 0.15) is 59.3 Å². The Kier molecular flexibility index (Phi) is 2.22. The van der Waals surface area contributed by atoms with E-state index in [4.69, 9.17) is 5.48 Å². The average molecular weight is 215 g/mol. The van der Waals surface area contributed by atoms with Crippen molar-refractivity contribution in [2.45, 2.75) is 59.4 Å². The summed E-state index contributed by atoms with van der Waals surface area (Å²) in [5, 5.41) is 0. The molecule has 0 atom stereocenters. The molecule has 0 N–H and O–H groups in total. The summed E-state index contributed by atoms with van der Waals surface area (Å²) < 4.78 is 32.9. The molecule has 2 nitrogen and oxygen atoms in total. The molecule has 1 aliphatic rings. The van der Waals surface area contributed by atoms with Crippen molar-refractivity contribution in [2.75, 3.05) is 13.0 Å². The highest BCUT2D eigenvalue weighted by atomic mass is 16.1. The highest BCUT2D eigenvalue weighted by Gasteiger charge is 2.41. The predicted molar refractivity (Wildman–Crippen MR) is 64.0 cm³/mol. The number of carbonyl (C=O) groups excluding carboxylic acids is 1. The fraction of sp³-hybridized carbons (Fsp3) is 0.923. The number of carbonyl (C=O) groups is 1. The molecule has 0 aromatic heterocycles. The number of likely N-dealkylation sites (tertiary alicyclic amines) is 1. The number of rotatable bonds is 2. The van der Waals surface area contributed by atoms with Crippen molar-refractivity contribution >= 4 is 5.78 Å². The zero-order chi connectivity index (χ0) is 15.3. The van der Waals surface area contributed by atoms with Crippen LogP contribution in [0.15, 0.2) is 0 Å². The second kappa shape index (κ2) is 4.25. The Morgan fingerprint density at radius 3 is 2.33 bits per heavy atom. The maximum absolute atomic E-state index is 12.6. The smallest absolute Gasteiger partial charge is 0.153 e. The summed E-state index contributed by atoms with van der Waals surface area (Å²) in [5.74, 6) is -0.615. The third-order valence-electron chi connectivity index (χ3n) is 3.26. The van der Waals surface area contributed by atoms with Crippen molar-refractivity contribution < 1.29 is 10.3 Å². The molecule has 15 heavy (non-hydrogen) atoms. The summed E-state index contributed by atoms with van der Waals surface area (Å²) in [6.45, 7) is 6.77. The summed E-state index contributed by atoms with van der Waals surface area (Å²) in [5.41, 5.74) is -1.82. The maximum Gasteiger partial charge on any atom is 0.153 e. The van der Waals surface area contributed by atoms with Gasteiger partial charge < -0.3 is 0 Å². The number of nitrogens with zero attached hydrogens (tertiary/aromatic N) is 1. The van der Waals surface area contributed by atoms with Gasteiger partial charge in [0, 0.05) is 20.2 Å². The van der Waals surface area contributed by atoms with E-state index < -0.39 is 29.6 Å². The number of ketones is 1. The summed E-state index contributed by atoms with van der Waals surface area (Å²) in [6.07, 6.45) is -1.06. The topological polar surface area (TPSA) is 20.3 Å². The van der Waals surface area contributed by atoms with E-state index in [0.29, 0.717) is 12.8 Å². The van der Waals surface area contributed by atoms with E-state index in [2.05, 4.69) is 0 Å². The second-order valence-corrected chi connectivity index (χ2v) is 5.16. The van der Waals surface area contributed by atoms with E-state index >= 15 is 0 Å². The van der Waals surface area contributed by atoms with Gasteiger partial charge >= 0.3 is 0 Å². The molecule has 0 aromatic carbocycles. The van der Waals surface area contributed by atoms with Gasteiger partial charge in [0.15, 0.2) is 5.78 Å². The van der Waals surface area contributed by atoms with E-state index in [9.17, 15) is 4.79 Å². The van der Waals surface area contributed by atoms with Gasteiger partial charge in [0.2, 0.25) is 0 Å². The van der Waals surface area contributed by atoms with Crippen molar-refractivity contribution in [3.8, 4) is 0 Å². The minimum atomic E-state index is -2.12. The van der Waals surface area contributed by atoms with Crippen LogP contribution in [-0.4, -0.2) is 29.3 Å². The Balaban J connectivity index is 3.40. The molecule has 1 fully saturated rings. The quantitative estimate of drug-likeness (QED) is 0.706. The van der Waals surface area contributed by atoms with Crippen LogP contribution >= 0.6 is 0 Å². The largest absolute Gasteiger partial charge is 0.298 e. The molecule has 0 aromatic rings. The van der Waals surface area contributed by atoms with Crippen LogP contribution in [0.2, 0.25) is 0 Å². The summed E-state index contributed by atoms with van der Waals surface area (Å²) in [6, 6.07) is 0. The normalized spacial score (nSPS) is 33.8. The third-order valence-corrected chi connectivity index (χ3v) is 3.26. The Morgan fingerprint density at radius 2 is 1.93 bits per heavy atom. The molecule has 1 aliphatic heterocycles. The predicted octanol–water partition coefficient (Wildman–Crippen LogP) is 2.87. The van der Waals surface area contributed by atoms with Gasteiger partial charge in [0.1, 0.15) is 0 Å². The molecule has 88 valence electrons. The number of piperidine rings is 1. The van der Waals surface area contributed by atoms with Gasteiger partial charge in [-0.3, -0.25) is 9.69 Å². The molecule has 0 aliphatic carbocycles. The molecule has 0 spiro atoms. The lowest BCUT2D eigenvalue weighted by atomic mass is 9.72. The minimum absolute atomic E-state index is 0.0586. The van der Waals surface area contributed by atoms with Crippen LogP contribution in [-0.2, 0) is 4.79 Å². The number of Topliss-reactive ketones (excluding diaryl/α,β-unsaturated/α-hetero) is 1. The van der Waals surface area contributed by atoms with Gasteiger partial charge in [-0.25, -0.2) is 0 Å². The lowest BCUT2D eigenvalue weighted by Crippen LogP contribution is -2.53. The first-order valence-electron chi connectivity index (χ1n) is 7.69. The van der Waals surface area contributed by atoms with E-state index in [0.717, 1.165) is 0 Å². The molecule has 1 heterocycles. The second-order valence-electron chi connectivity index (χ2n) is 5.16. The summed E-state index contributed by atoms with van der Waals surface area (Å²) >= 11 is 0. The molecule has 2 heteroatoms. The fourth-order valence-corrected chi connectivity index (χ4v) is 1.81. The highest BCUT2D eigenvalue weighted by molar-refractivity contribution is 5.87. The monoisotopic (exact) mass is 215 g/mol. The summed E-state index contributed by atoms with van der Waals surface area (Å²) in [4.78, 5) is 14.0. The Hall–Kier alpha value is -0.370. The molecule has 0 saturated carbocycles. The molecule has 0 amide bonds. The minimum Gasteiger partial charge on any atom is -0.298 e. The Morgan fingerprint density at radius 1 is 1.40 bits per heavy atom. The highest BCUT2D eigenvalue weighted by Crippen LogP contribution is 2.36. The number of hydrogen-bond donors (Lipinski definition) is 0. The van der Waals surface area contributed by atoms with Gasteiger partial charge in [-0.1, -0.05) is 13.8 Å². The van der Waals surface area contributed by atoms with Crippen molar-refractivity contribution in [3.05, 3.63) is 0 Å². The first-order valence-corrected chi connectivity index (χ1v) is 5.69. The molecule has 1 rings (SSSR count). The van der Waals surface area contributed by atoms with Gasteiger partial charge in [0.25, 0.3) is 0 Å². The van der Waals surface area contributed by atoms with Crippen molar-refractivity contribution in [2.24, 2.45) is 5.41 Å². The molecular weight excluding hydrogens is 186 g/mol. The van der Waals surface area contributed by atoms with Crippen LogP contribution in [0.25, 0.3) is 0 Å². The third kappa shape index (κ3) is 2.41. The Bertz CT molecular complexity index is 369. The first-order chi connectivity index (χ1) is 8.37. The molecular formula is C13H25NO.